The van der Waals surface area contributed by atoms with Crippen LogP contribution < -0.4 is 5.32 Å². The molecule has 0 aliphatic heterocycles. The van der Waals surface area contributed by atoms with Gasteiger partial charge in [-0.25, -0.2) is 0 Å². The first-order valence-electron chi connectivity index (χ1n) is 7.76. The number of nitrogens with zero attached hydrogens (tertiary/aromatic N) is 1. The highest BCUT2D eigenvalue weighted by atomic mass is 16.4. The van der Waals surface area contributed by atoms with Gasteiger partial charge in [0, 0.05) is 37.0 Å². The lowest BCUT2D eigenvalue weighted by Crippen LogP contribution is -2.05. The van der Waals surface area contributed by atoms with E-state index in [4.69, 9.17) is 5.11 Å². The molecule has 1 aromatic heterocycles. The molecule has 0 saturated carbocycles. The van der Waals surface area contributed by atoms with Gasteiger partial charge in [0.25, 0.3) is 0 Å². The van der Waals surface area contributed by atoms with Crippen LogP contribution in [0.2, 0.25) is 0 Å². The summed E-state index contributed by atoms with van der Waals surface area (Å²) < 4.78 is 0. The van der Waals surface area contributed by atoms with E-state index >= 15 is 0 Å². The zero-order valence-corrected chi connectivity index (χ0v) is 13.5. The van der Waals surface area contributed by atoms with Crippen molar-refractivity contribution in [3.8, 4) is 0 Å². The predicted molar refractivity (Wildman–Crippen MR) is 93.5 cm³/mol. The quantitative estimate of drug-likeness (QED) is 0.761. The smallest absolute Gasteiger partial charge is 0.303 e. The fourth-order valence-electron chi connectivity index (χ4n) is 2.39. The van der Waals surface area contributed by atoms with E-state index in [1.807, 2.05) is 42.5 Å². The number of carboxylic acids is 1. The van der Waals surface area contributed by atoms with Gasteiger partial charge in [-0.2, -0.15) is 0 Å². The largest absolute Gasteiger partial charge is 0.481 e. The van der Waals surface area contributed by atoms with Gasteiger partial charge in [0.2, 0.25) is 5.91 Å². The van der Waals surface area contributed by atoms with Crippen molar-refractivity contribution in [3.63, 3.8) is 0 Å². The number of carbonyl (C=O) groups is 2. The molecule has 0 fully saturated rings. The van der Waals surface area contributed by atoms with Gasteiger partial charge >= 0.3 is 5.97 Å². The number of allylic oxidation sites excluding steroid dienone is 1. The number of rotatable bonds is 7. The average Bonchev–Trinajstić information content (AvgIpc) is 2.55. The lowest BCUT2D eigenvalue weighted by molar-refractivity contribution is -0.137. The van der Waals surface area contributed by atoms with Crippen LogP contribution in [0.15, 0.2) is 54.9 Å². The maximum atomic E-state index is 11.2. The maximum Gasteiger partial charge on any atom is 0.303 e. The van der Waals surface area contributed by atoms with Gasteiger partial charge < -0.3 is 10.4 Å². The van der Waals surface area contributed by atoms with Crippen LogP contribution >= 0.6 is 0 Å². The molecule has 0 unspecified atom stereocenters. The third-order valence-electron chi connectivity index (χ3n) is 3.41. The van der Waals surface area contributed by atoms with Gasteiger partial charge in [0.05, 0.1) is 0 Å². The third kappa shape index (κ3) is 5.35. The van der Waals surface area contributed by atoms with Crippen molar-refractivity contribution in [1.29, 1.82) is 0 Å². The van der Waals surface area contributed by atoms with Crippen molar-refractivity contribution >= 4 is 23.1 Å². The Morgan fingerprint density at radius 2 is 2.00 bits per heavy atom. The highest BCUT2D eigenvalue weighted by molar-refractivity contribution is 5.90. The molecule has 2 N–H and O–H groups in total. The van der Waals surface area contributed by atoms with E-state index in [0.717, 1.165) is 22.4 Å². The van der Waals surface area contributed by atoms with E-state index in [0.29, 0.717) is 12.8 Å². The molecule has 1 amide bonds. The Hall–Kier alpha value is -2.95. The Balaban J connectivity index is 2.30. The van der Waals surface area contributed by atoms with E-state index in [-0.39, 0.29) is 12.3 Å². The molecule has 5 nitrogen and oxygen atoms in total. The van der Waals surface area contributed by atoms with E-state index in [1.165, 1.54) is 6.92 Å². The van der Waals surface area contributed by atoms with Crippen molar-refractivity contribution in [2.75, 3.05) is 5.32 Å². The summed E-state index contributed by atoms with van der Waals surface area (Å²) in [6, 6.07) is 11.4. The Labute approximate surface area is 141 Å². The number of amides is 1. The van der Waals surface area contributed by atoms with Crippen LogP contribution in [0.4, 0.5) is 5.69 Å². The lowest BCUT2D eigenvalue weighted by atomic mass is 9.97. The predicted octanol–water partition coefficient (Wildman–Crippen LogP) is 3.73. The van der Waals surface area contributed by atoms with Crippen molar-refractivity contribution < 1.29 is 14.7 Å². The summed E-state index contributed by atoms with van der Waals surface area (Å²) in [5.74, 6) is -0.917. The molecule has 0 radical (unpaired) electrons. The molecule has 124 valence electrons. The van der Waals surface area contributed by atoms with E-state index in [1.54, 1.807) is 12.4 Å². The second-order valence-corrected chi connectivity index (χ2v) is 5.41. The zero-order chi connectivity index (χ0) is 17.4. The molecule has 0 bridgehead atoms. The van der Waals surface area contributed by atoms with E-state index < -0.39 is 5.97 Å². The fourth-order valence-corrected chi connectivity index (χ4v) is 2.39. The van der Waals surface area contributed by atoms with Gasteiger partial charge in [-0.1, -0.05) is 24.3 Å². The minimum Gasteiger partial charge on any atom is -0.481 e. The monoisotopic (exact) mass is 324 g/mol. The third-order valence-corrected chi connectivity index (χ3v) is 3.41. The molecule has 2 aromatic rings. The van der Waals surface area contributed by atoms with Gasteiger partial charge in [-0.15, -0.1) is 0 Å². The first kappa shape index (κ1) is 17.4. The Morgan fingerprint density at radius 3 is 2.67 bits per heavy atom. The van der Waals surface area contributed by atoms with Crippen molar-refractivity contribution in [2.45, 2.75) is 26.2 Å². The number of aromatic nitrogens is 1. The van der Waals surface area contributed by atoms with Crippen molar-refractivity contribution in [2.24, 2.45) is 0 Å². The molecule has 0 saturated heterocycles. The number of nitrogens with one attached hydrogen (secondary N) is 1. The number of unbranched alkanes of at least 4 members (excludes halogenated alkanes) is 1. The van der Waals surface area contributed by atoms with Crippen LogP contribution in [0.25, 0.3) is 5.57 Å². The second-order valence-electron chi connectivity index (χ2n) is 5.41. The minimum absolute atomic E-state index is 0.125. The number of carboxylic acid groups (broad SMARTS) is 1. The first-order valence-corrected chi connectivity index (χ1v) is 7.76. The van der Waals surface area contributed by atoms with Crippen LogP contribution in [-0.2, 0) is 9.59 Å². The zero-order valence-electron chi connectivity index (χ0n) is 13.5. The van der Waals surface area contributed by atoms with Crippen molar-refractivity contribution in [3.05, 3.63) is 66.0 Å². The van der Waals surface area contributed by atoms with Crippen LogP contribution in [0.5, 0.6) is 0 Å². The molecule has 5 heteroatoms. The van der Waals surface area contributed by atoms with Crippen LogP contribution in [-0.4, -0.2) is 22.0 Å². The van der Waals surface area contributed by atoms with Gasteiger partial charge in [-0.3, -0.25) is 14.6 Å². The van der Waals surface area contributed by atoms with Gasteiger partial charge in [-0.05, 0) is 42.2 Å². The lowest BCUT2D eigenvalue weighted by Gasteiger charge is -2.10. The summed E-state index contributed by atoms with van der Waals surface area (Å²) >= 11 is 0. The summed E-state index contributed by atoms with van der Waals surface area (Å²) in [6.45, 7) is 1.47. The summed E-state index contributed by atoms with van der Waals surface area (Å²) in [5.41, 5.74) is 3.60. The molecule has 24 heavy (non-hydrogen) atoms. The number of pyridine rings is 1. The maximum absolute atomic E-state index is 11.2. The topological polar surface area (TPSA) is 79.3 Å². The second kappa shape index (κ2) is 8.62. The van der Waals surface area contributed by atoms with Crippen molar-refractivity contribution in [1.82, 2.24) is 4.98 Å². The Morgan fingerprint density at radius 1 is 1.21 bits per heavy atom. The highest BCUT2D eigenvalue weighted by Gasteiger charge is 2.07. The van der Waals surface area contributed by atoms with Gasteiger partial charge in [0.15, 0.2) is 0 Å². The van der Waals surface area contributed by atoms with Gasteiger partial charge in [0.1, 0.15) is 0 Å². The summed E-state index contributed by atoms with van der Waals surface area (Å²) in [5, 5.41) is 11.5. The first-order chi connectivity index (χ1) is 11.6. The van der Waals surface area contributed by atoms with E-state index in [2.05, 4.69) is 10.3 Å². The molecule has 0 aliphatic carbocycles. The molecule has 0 atom stereocenters. The molecule has 0 aliphatic rings. The molecule has 1 heterocycles. The van der Waals surface area contributed by atoms with Crippen LogP contribution in [0, 0.1) is 0 Å². The van der Waals surface area contributed by atoms with Crippen LogP contribution in [0.3, 0.4) is 0 Å². The molecular weight excluding hydrogens is 304 g/mol. The number of hydrogen-bond donors (Lipinski definition) is 2. The fraction of sp³-hybridized carbons (Fsp3) is 0.211. The SMILES string of the molecule is CC(=O)Nc1cccc(C(=CCCCC(=O)O)c2cccnc2)c1. The molecule has 1 aromatic carbocycles. The summed E-state index contributed by atoms with van der Waals surface area (Å²) in [7, 11) is 0. The summed E-state index contributed by atoms with van der Waals surface area (Å²) in [6.07, 6.45) is 6.87. The number of carbonyl (C=O) groups excluding carboxylic acids is 1. The number of aliphatic carboxylic acids is 1. The number of benzene rings is 1. The Kier molecular flexibility index (Phi) is 6.25. The number of anilines is 1. The normalized spacial score (nSPS) is 11.1. The average molecular weight is 324 g/mol. The highest BCUT2D eigenvalue weighted by Crippen LogP contribution is 2.26. The molecule has 2 rings (SSSR count). The minimum atomic E-state index is -0.793. The standard InChI is InChI=1S/C19H20N2O3/c1-14(22)21-17-8-4-6-15(12-17)18(9-2-3-10-19(23)24)16-7-5-11-20-13-16/h4-9,11-13H,2-3,10H2,1H3,(H,21,22)(H,23,24). The molecule has 0 spiro atoms. The molecular formula is C19H20N2O3. The Bertz CT molecular complexity index is 739. The van der Waals surface area contributed by atoms with E-state index in [9.17, 15) is 9.59 Å². The number of hydrogen-bond acceptors (Lipinski definition) is 3. The van der Waals surface area contributed by atoms with Crippen LogP contribution in [0.1, 0.15) is 37.3 Å². The summed E-state index contributed by atoms with van der Waals surface area (Å²) in [4.78, 5) is 26.1.